The van der Waals surface area contributed by atoms with Crippen molar-refractivity contribution < 1.29 is 4.74 Å². The maximum Gasteiger partial charge on any atom is 0.194 e. The third-order valence-corrected chi connectivity index (χ3v) is 5.45. The molecule has 1 N–H and O–H groups in total. The molecule has 2 aromatic carbocycles. The summed E-state index contributed by atoms with van der Waals surface area (Å²) >= 11 is 0. The molecule has 5 heteroatoms. The van der Waals surface area contributed by atoms with E-state index in [1.807, 2.05) is 7.05 Å². The molecule has 1 aliphatic heterocycles. The van der Waals surface area contributed by atoms with Gasteiger partial charge in [0.15, 0.2) is 5.96 Å². The number of aliphatic imine (C=N–C) groups is 1. The Hall–Kier alpha value is -1.60. The summed E-state index contributed by atoms with van der Waals surface area (Å²) in [5.74, 6) is 1.59. The topological polar surface area (TPSA) is 36.9 Å². The molecule has 0 spiro atoms. The molecule has 4 rings (SSSR count). The number of halogens is 1. The van der Waals surface area contributed by atoms with Crippen LogP contribution in [0.5, 0.6) is 0 Å². The summed E-state index contributed by atoms with van der Waals surface area (Å²) in [5.41, 5.74) is 3.98. The van der Waals surface area contributed by atoms with Crippen LogP contribution in [0.15, 0.2) is 59.6 Å². The van der Waals surface area contributed by atoms with Crippen molar-refractivity contribution in [2.45, 2.75) is 31.4 Å². The summed E-state index contributed by atoms with van der Waals surface area (Å²) < 4.78 is 6.06. The van der Waals surface area contributed by atoms with Crippen molar-refractivity contribution in [1.29, 1.82) is 0 Å². The first kappa shape index (κ1) is 20.1. The highest BCUT2D eigenvalue weighted by atomic mass is 127. The molecule has 0 amide bonds. The second-order valence-electron chi connectivity index (χ2n) is 7.21. The maximum absolute atomic E-state index is 6.06. The van der Waals surface area contributed by atoms with Gasteiger partial charge in [0.2, 0.25) is 0 Å². The number of nitrogens with zero attached hydrogens (tertiary/aromatic N) is 2. The van der Waals surface area contributed by atoms with Gasteiger partial charge in [-0.1, -0.05) is 54.6 Å². The lowest BCUT2D eigenvalue weighted by molar-refractivity contribution is -0.00835. The molecule has 2 fully saturated rings. The van der Waals surface area contributed by atoms with Crippen molar-refractivity contribution >= 4 is 29.9 Å². The molecule has 144 valence electrons. The Kier molecular flexibility index (Phi) is 6.76. The zero-order valence-electron chi connectivity index (χ0n) is 16.0. The SMILES string of the molecule is CN=C(NC1CC1c1ccccc1)N1CCOC(c2ccccc2C)C1.I. The molecule has 2 aromatic rings. The molecule has 0 bridgehead atoms. The number of hydrogen-bond donors (Lipinski definition) is 1. The van der Waals surface area contributed by atoms with Crippen LogP contribution in [-0.2, 0) is 4.74 Å². The van der Waals surface area contributed by atoms with Crippen LogP contribution in [-0.4, -0.2) is 43.6 Å². The van der Waals surface area contributed by atoms with E-state index in [4.69, 9.17) is 4.74 Å². The predicted octanol–water partition coefficient (Wildman–Crippen LogP) is 4.12. The van der Waals surface area contributed by atoms with Crippen LogP contribution in [0.1, 0.15) is 35.1 Å². The number of benzene rings is 2. The lowest BCUT2D eigenvalue weighted by atomic mass is 10.0. The van der Waals surface area contributed by atoms with Crippen molar-refractivity contribution in [2.75, 3.05) is 26.7 Å². The van der Waals surface area contributed by atoms with Crippen molar-refractivity contribution in [2.24, 2.45) is 4.99 Å². The molecule has 1 saturated heterocycles. The Morgan fingerprint density at radius 3 is 2.59 bits per heavy atom. The van der Waals surface area contributed by atoms with Gasteiger partial charge in [0.05, 0.1) is 13.2 Å². The maximum atomic E-state index is 6.06. The van der Waals surface area contributed by atoms with E-state index < -0.39 is 0 Å². The fourth-order valence-corrected chi connectivity index (χ4v) is 3.86. The molecule has 2 aliphatic rings. The minimum absolute atomic E-state index is 0. The first-order valence-electron chi connectivity index (χ1n) is 9.46. The quantitative estimate of drug-likeness (QED) is 0.411. The first-order chi connectivity index (χ1) is 12.8. The van der Waals surface area contributed by atoms with Crippen LogP contribution in [0.25, 0.3) is 0 Å². The van der Waals surface area contributed by atoms with Gasteiger partial charge >= 0.3 is 0 Å². The Morgan fingerprint density at radius 2 is 1.85 bits per heavy atom. The van der Waals surface area contributed by atoms with Gasteiger partial charge in [0.1, 0.15) is 6.10 Å². The van der Waals surface area contributed by atoms with Gasteiger partial charge < -0.3 is 15.0 Å². The van der Waals surface area contributed by atoms with Gasteiger partial charge in [0.25, 0.3) is 0 Å². The van der Waals surface area contributed by atoms with Crippen LogP contribution in [0.4, 0.5) is 0 Å². The number of nitrogens with one attached hydrogen (secondary N) is 1. The van der Waals surface area contributed by atoms with E-state index in [0.29, 0.717) is 12.0 Å². The second-order valence-corrected chi connectivity index (χ2v) is 7.21. The Labute approximate surface area is 179 Å². The monoisotopic (exact) mass is 477 g/mol. The number of hydrogen-bond acceptors (Lipinski definition) is 2. The Morgan fingerprint density at radius 1 is 1.11 bits per heavy atom. The lowest BCUT2D eigenvalue weighted by Crippen LogP contribution is -2.49. The molecule has 1 heterocycles. The van der Waals surface area contributed by atoms with E-state index in [1.165, 1.54) is 23.1 Å². The summed E-state index contributed by atoms with van der Waals surface area (Å²) in [6.07, 6.45) is 1.28. The fourth-order valence-electron chi connectivity index (χ4n) is 3.86. The second kappa shape index (κ2) is 9.06. The summed E-state index contributed by atoms with van der Waals surface area (Å²) in [4.78, 5) is 6.88. The van der Waals surface area contributed by atoms with Crippen molar-refractivity contribution in [3.63, 3.8) is 0 Å². The zero-order valence-corrected chi connectivity index (χ0v) is 18.3. The van der Waals surface area contributed by atoms with E-state index in [0.717, 1.165) is 25.7 Å². The highest BCUT2D eigenvalue weighted by molar-refractivity contribution is 14.0. The highest BCUT2D eigenvalue weighted by Gasteiger charge is 2.40. The molecular weight excluding hydrogens is 449 g/mol. The molecule has 27 heavy (non-hydrogen) atoms. The minimum atomic E-state index is 0. The third-order valence-electron chi connectivity index (χ3n) is 5.45. The average molecular weight is 477 g/mol. The minimum Gasteiger partial charge on any atom is -0.370 e. The van der Waals surface area contributed by atoms with Crippen molar-refractivity contribution in [1.82, 2.24) is 10.2 Å². The number of ether oxygens (including phenoxy) is 1. The van der Waals surface area contributed by atoms with Gasteiger partial charge in [-0.25, -0.2) is 0 Å². The standard InChI is InChI=1S/C22H27N3O.HI/c1-16-8-6-7-11-18(16)21-15-25(12-13-26-21)22(23-2)24-20-14-19(20)17-9-4-3-5-10-17;/h3-11,19-21H,12-15H2,1-2H3,(H,23,24);1H. The first-order valence-corrected chi connectivity index (χ1v) is 9.46. The number of morpholine rings is 1. The highest BCUT2D eigenvalue weighted by Crippen LogP contribution is 2.40. The summed E-state index contributed by atoms with van der Waals surface area (Å²) in [6, 6.07) is 19.7. The van der Waals surface area contributed by atoms with Gasteiger partial charge in [-0.15, -0.1) is 24.0 Å². The smallest absolute Gasteiger partial charge is 0.194 e. The summed E-state index contributed by atoms with van der Waals surface area (Å²) in [5, 5.41) is 3.67. The van der Waals surface area contributed by atoms with Gasteiger partial charge in [0, 0.05) is 25.6 Å². The Bertz CT molecular complexity index is 780. The van der Waals surface area contributed by atoms with Crippen LogP contribution in [0, 0.1) is 6.92 Å². The molecule has 4 nitrogen and oxygen atoms in total. The van der Waals surface area contributed by atoms with Crippen molar-refractivity contribution in [3.8, 4) is 0 Å². The lowest BCUT2D eigenvalue weighted by Gasteiger charge is -2.36. The molecule has 0 aromatic heterocycles. The van der Waals surface area contributed by atoms with E-state index in [2.05, 4.69) is 76.7 Å². The van der Waals surface area contributed by atoms with E-state index in [9.17, 15) is 0 Å². The van der Waals surface area contributed by atoms with E-state index in [1.54, 1.807) is 0 Å². The number of aryl methyl sites for hydroxylation is 1. The molecule has 3 atom stereocenters. The summed E-state index contributed by atoms with van der Waals surface area (Å²) in [6.45, 7) is 4.60. The molecular formula is C22H28IN3O. The van der Waals surface area contributed by atoms with Gasteiger partial charge in [-0.05, 0) is 30.0 Å². The van der Waals surface area contributed by atoms with Crippen LogP contribution >= 0.6 is 24.0 Å². The molecule has 1 saturated carbocycles. The Balaban J connectivity index is 0.00000210. The number of guanidine groups is 1. The number of rotatable bonds is 3. The largest absolute Gasteiger partial charge is 0.370 e. The van der Waals surface area contributed by atoms with Gasteiger partial charge in [-0.2, -0.15) is 0 Å². The van der Waals surface area contributed by atoms with E-state index in [-0.39, 0.29) is 30.1 Å². The predicted molar refractivity (Wildman–Crippen MR) is 121 cm³/mol. The third kappa shape index (κ3) is 4.63. The van der Waals surface area contributed by atoms with Crippen molar-refractivity contribution in [3.05, 3.63) is 71.3 Å². The molecule has 1 aliphatic carbocycles. The zero-order chi connectivity index (χ0) is 17.9. The van der Waals surface area contributed by atoms with Crippen LogP contribution in [0.3, 0.4) is 0 Å². The molecule has 3 unspecified atom stereocenters. The van der Waals surface area contributed by atoms with Crippen LogP contribution in [0.2, 0.25) is 0 Å². The van der Waals surface area contributed by atoms with E-state index >= 15 is 0 Å². The fraction of sp³-hybridized carbons (Fsp3) is 0.409. The average Bonchev–Trinajstić information content (AvgIpc) is 3.46. The normalized spacial score (nSPS) is 24.9. The van der Waals surface area contributed by atoms with Crippen LogP contribution < -0.4 is 5.32 Å². The molecule has 0 radical (unpaired) electrons. The van der Waals surface area contributed by atoms with Gasteiger partial charge in [-0.3, -0.25) is 4.99 Å². The summed E-state index contributed by atoms with van der Waals surface area (Å²) in [7, 11) is 1.88.